The molecule has 5 heteroatoms. The molecule has 1 aromatic carbocycles. The fourth-order valence-corrected chi connectivity index (χ4v) is 1.13. The van der Waals surface area contributed by atoms with Crippen molar-refractivity contribution in [2.24, 2.45) is 0 Å². The van der Waals surface area contributed by atoms with E-state index in [1.807, 2.05) is 6.07 Å². The molecule has 0 fully saturated rings. The third kappa shape index (κ3) is 6.26. The number of benzene rings is 1. The van der Waals surface area contributed by atoms with Crippen LogP contribution < -0.4 is 0 Å². The van der Waals surface area contributed by atoms with E-state index in [0.717, 1.165) is 0 Å². The number of carboxylic acids is 1. The molecule has 1 aromatic rings. The molecule has 0 aliphatic carbocycles. The molecule has 0 aliphatic rings. The molecule has 0 bridgehead atoms. The monoisotopic (exact) mass is 244 g/mol. The summed E-state index contributed by atoms with van der Waals surface area (Å²) in [6.45, 7) is 0.918. The summed E-state index contributed by atoms with van der Waals surface area (Å²) in [6, 6.07) is 8.89. The van der Waals surface area contributed by atoms with Crippen molar-refractivity contribution in [1.82, 2.24) is 0 Å². The van der Waals surface area contributed by atoms with Gasteiger partial charge in [0.15, 0.2) is 12.4 Å². The zero-order valence-electron chi connectivity index (χ0n) is 8.84. The number of allylic oxidation sites excluding steroid dienone is 1. The van der Waals surface area contributed by atoms with Crippen LogP contribution in [0.1, 0.15) is 12.5 Å². The molecule has 0 heterocycles. The van der Waals surface area contributed by atoms with E-state index in [9.17, 15) is 9.59 Å². The van der Waals surface area contributed by atoms with Crippen LogP contribution in [0, 0.1) is 0 Å². The summed E-state index contributed by atoms with van der Waals surface area (Å²) >= 11 is 0. The Morgan fingerprint density at radius 3 is 2.35 bits per heavy atom. The van der Waals surface area contributed by atoms with E-state index in [1.54, 1.807) is 24.3 Å². The molecule has 86 valence electrons. The minimum absolute atomic E-state index is 0. The summed E-state index contributed by atoms with van der Waals surface area (Å²) in [7, 11) is 0. The number of aliphatic carboxylic acids is 1. The normalized spacial score (nSPS) is 10.3. The predicted octanol–water partition coefficient (Wildman–Crippen LogP) is 1.07. The second-order valence-electron chi connectivity index (χ2n) is 3.17. The number of carbonyl (C=O) groups is 2. The van der Waals surface area contributed by atoms with Crippen LogP contribution in [0.5, 0.6) is 0 Å². The Bertz CT molecular complexity index is 412. The van der Waals surface area contributed by atoms with Crippen LogP contribution in [0.25, 0.3) is 5.76 Å². The van der Waals surface area contributed by atoms with Crippen LogP contribution in [0.3, 0.4) is 0 Å². The SMILES string of the molecule is CC(=O)C=C(OCC(=O)O)c1ccccc1.[NaH]. The van der Waals surface area contributed by atoms with E-state index in [2.05, 4.69) is 0 Å². The predicted molar refractivity (Wildman–Crippen MR) is 65.8 cm³/mol. The van der Waals surface area contributed by atoms with Gasteiger partial charge in [0.1, 0.15) is 5.76 Å². The fraction of sp³-hybridized carbons (Fsp3) is 0.167. The Morgan fingerprint density at radius 2 is 1.88 bits per heavy atom. The van der Waals surface area contributed by atoms with Crippen LogP contribution in [0.4, 0.5) is 0 Å². The summed E-state index contributed by atoms with van der Waals surface area (Å²) < 4.78 is 5.04. The van der Waals surface area contributed by atoms with Gasteiger partial charge in [-0.15, -0.1) is 0 Å². The van der Waals surface area contributed by atoms with E-state index in [1.165, 1.54) is 13.0 Å². The first-order chi connectivity index (χ1) is 7.59. The zero-order valence-corrected chi connectivity index (χ0v) is 8.84. The summed E-state index contributed by atoms with van der Waals surface area (Å²) in [5, 5.41) is 8.51. The Hall–Kier alpha value is -1.10. The molecule has 0 aliphatic heterocycles. The number of ether oxygens (including phenoxy) is 1. The molecule has 1 N–H and O–H groups in total. The molecular weight excluding hydrogens is 231 g/mol. The standard InChI is InChI=1S/C12H12O4.Na.H/c1-9(13)7-11(16-8-12(14)15)10-5-3-2-4-6-10;;/h2-7H,8H2,1H3,(H,14,15);;. The summed E-state index contributed by atoms with van der Waals surface area (Å²) in [5.41, 5.74) is 0.680. The van der Waals surface area contributed by atoms with Gasteiger partial charge in [0, 0.05) is 11.6 Å². The van der Waals surface area contributed by atoms with E-state index in [-0.39, 0.29) is 41.1 Å². The van der Waals surface area contributed by atoms with Crippen LogP contribution in [0.15, 0.2) is 36.4 Å². The van der Waals surface area contributed by atoms with E-state index < -0.39 is 12.6 Å². The molecule has 0 aromatic heterocycles. The number of carbonyl (C=O) groups excluding carboxylic acids is 1. The quantitative estimate of drug-likeness (QED) is 0.478. The Labute approximate surface area is 122 Å². The second kappa shape index (κ2) is 8.06. The van der Waals surface area contributed by atoms with Crippen molar-refractivity contribution in [3.8, 4) is 0 Å². The summed E-state index contributed by atoms with van der Waals surface area (Å²) in [6.07, 6.45) is 1.28. The summed E-state index contributed by atoms with van der Waals surface area (Å²) in [5.74, 6) is -0.995. The van der Waals surface area contributed by atoms with E-state index >= 15 is 0 Å². The molecule has 0 atom stereocenters. The number of ketones is 1. The number of hydrogen-bond donors (Lipinski definition) is 1. The van der Waals surface area contributed by atoms with Crippen molar-refractivity contribution in [2.45, 2.75) is 6.92 Å². The number of carboxylic acid groups (broad SMARTS) is 1. The molecule has 0 saturated carbocycles. The molecule has 1 rings (SSSR count). The summed E-state index contributed by atoms with van der Waals surface area (Å²) in [4.78, 5) is 21.4. The Morgan fingerprint density at radius 1 is 1.29 bits per heavy atom. The molecule has 17 heavy (non-hydrogen) atoms. The number of rotatable bonds is 5. The minimum atomic E-state index is -1.08. The average Bonchev–Trinajstić information content (AvgIpc) is 2.25. The maximum absolute atomic E-state index is 11.0. The van der Waals surface area contributed by atoms with E-state index in [4.69, 9.17) is 9.84 Å². The van der Waals surface area contributed by atoms with Gasteiger partial charge in [-0.05, 0) is 6.92 Å². The van der Waals surface area contributed by atoms with Crippen LogP contribution in [0.2, 0.25) is 0 Å². The van der Waals surface area contributed by atoms with Crippen molar-refractivity contribution < 1.29 is 19.4 Å². The van der Waals surface area contributed by atoms with Gasteiger partial charge in [-0.25, -0.2) is 4.79 Å². The Kier molecular flexibility index (Phi) is 7.54. The third-order valence-corrected chi connectivity index (χ3v) is 1.74. The van der Waals surface area contributed by atoms with Gasteiger partial charge in [0.2, 0.25) is 0 Å². The zero-order chi connectivity index (χ0) is 12.0. The number of hydrogen-bond acceptors (Lipinski definition) is 3. The van der Waals surface area contributed by atoms with Gasteiger partial charge in [-0.2, -0.15) is 0 Å². The van der Waals surface area contributed by atoms with Crippen molar-refractivity contribution in [3.05, 3.63) is 42.0 Å². The molecule has 0 saturated heterocycles. The van der Waals surface area contributed by atoms with Crippen molar-refractivity contribution in [1.29, 1.82) is 0 Å². The van der Waals surface area contributed by atoms with Gasteiger partial charge < -0.3 is 9.84 Å². The first-order valence-corrected chi connectivity index (χ1v) is 4.72. The van der Waals surface area contributed by atoms with Crippen LogP contribution in [-0.2, 0) is 14.3 Å². The molecule has 0 radical (unpaired) electrons. The molecule has 4 nitrogen and oxygen atoms in total. The molecule has 0 spiro atoms. The van der Waals surface area contributed by atoms with Gasteiger partial charge in [0.25, 0.3) is 0 Å². The van der Waals surface area contributed by atoms with Gasteiger partial charge in [-0.1, -0.05) is 30.3 Å². The maximum atomic E-state index is 11.0. The molecule has 0 unspecified atom stereocenters. The average molecular weight is 244 g/mol. The van der Waals surface area contributed by atoms with E-state index in [0.29, 0.717) is 5.56 Å². The fourth-order valence-electron chi connectivity index (χ4n) is 1.13. The second-order valence-corrected chi connectivity index (χ2v) is 3.17. The third-order valence-electron chi connectivity index (χ3n) is 1.74. The Balaban J connectivity index is 0.00000256. The first kappa shape index (κ1) is 15.9. The van der Waals surface area contributed by atoms with Gasteiger partial charge in [0.05, 0.1) is 0 Å². The molecule has 0 amide bonds. The van der Waals surface area contributed by atoms with Gasteiger partial charge in [-0.3, -0.25) is 4.79 Å². The molecular formula is C12H13NaO4. The van der Waals surface area contributed by atoms with Crippen molar-refractivity contribution >= 4 is 47.1 Å². The van der Waals surface area contributed by atoms with Crippen LogP contribution in [-0.4, -0.2) is 53.0 Å². The first-order valence-electron chi connectivity index (χ1n) is 4.72. The van der Waals surface area contributed by atoms with Gasteiger partial charge >= 0.3 is 35.5 Å². The van der Waals surface area contributed by atoms with Crippen molar-refractivity contribution in [3.63, 3.8) is 0 Å². The van der Waals surface area contributed by atoms with Crippen LogP contribution >= 0.6 is 0 Å². The van der Waals surface area contributed by atoms with Crippen molar-refractivity contribution in [2.75, 3.05) is 6.61 Å². The topological polar surface area (TPSA) is 63.6 Å².